The van der Waals surface area contributed by atoms with Crippen molar-refractivity contribution >= 4 is 32.1 Å². The van der Waals surface area contributed by atoms with Crippen LogP contribution in [0.2, 0.25) is 0 Å². The Morgan fingerprint density at radius 1 is 1.35 bits per heavy atom. The minimum absolute atomic E-state index is 0.0500. The van der Waals surface area contributed by atoms with Crippen LogP contribution in [0, 0.1) is 0 Å². The SMILES string of the molecule is Nc1nc2c(ncn2CCOCP(=O)(O)CP(=O)(O)O)c(=O)[nH]1. The Kier molecular flexibility index (Phi) is 5.04. The van der Waals surface area contributed by atoms with Gasteiger partial charge in [-0.15, -0.1) is 0 Å². The summed E-state index contributed by atoms with van der Waals surface area (Å²) in [4.78, 5) is 48.5. The first-order valence-electron chi connectivity index (χ1n) is 6.21. The van der Waals surface area contributed by atoms with Crippen LogP contribution in [0.3, 0.4) is 0 Å². The second kappa shape index (κ2) is 6.52. The number of fused-ring (bicyclic) bond motifs is 1. The summed E-state index contributed by atoms with van der Waals surface area (Å²) in [6.07, 6.45) is 0.644. The number of anilines is 1. The Bertz CT molecular complexity index is 856. The number of imidazole rings is 1. The zero-order chi connectivity index (χ0) is 17.3. The predicted molar refractivity (Wildman–Crippen MR) is 80.1 cm³/mol. The molecule has 14 heteroatoms. The summed E-state index contributed by atoms with van der Waals surface area (Å²) in [6.45, 7) is 0.105. The summed E-state index contributed by atoms with van der Waals surface area (Å²) < 4.78 is 28.7. The first-order valence-corrected chi connectivity index (χ1v) is 10.0. The maximum atomic E-state index is 11.6. The van der Waals surface area contributed by atoms with E-state index in [2.05, 4.69) is 15.0 Å². The van der Waals surface area contributed by atoms with Gasteiger partial charge in [0.1, 0.15) is 12.3 Å². The normalized spacial score (nSPS) is 14.9. The van der Waals surface area contributed by atoms with Crippen molar-refractivity contribution < 1.29 is 28.5 Å². The standard InChI is InChI=1S/C9H15N5O7P2/c10-9-12-7-6(8(15)13-9)11-3-14(7)1-2-21-4-22(16,17)5-23(18,19)20/h3H,1-2,4-5H2,(H,16,17)(H2,18,19,20)(H3,10,12,13,15). The van der Waals surface area contributed by atoms with Gasteiger partial charge in [0.05, 0.1) is 12.9 Å². The molecule has 0 aliphatic rings. The second-order valence-corrected chi connectivity index (χ2v) is 9.16. The number of aromatic nitrogens is 4. The molecular formula is C9H15N5O7P2. The lowest BCUT2D eigenvalue weighted by molar-refractivity contribution is 0.160. The molecule has 12 nitrogen and oxygen atoms in total. The Hall–Kier alpha value is -1.55. The Morgan fingerprint density at radius 3 is 2.70 bits per heavy atom. The minimum atomic E-state index is -4.60. The van der Waals surface area contributed by atoms with E-state index >= 15 is 0 Å². The molecular weight excluding hydrogens is 352 g/mol. The minimum Gasteiger partial charge on any atom is -0.369 e. The van der Waals surface area contributed by atoms with Crippen LogP contribution in [0.25, 0.3) is 11.2 Å². The van der Waals surface area contributed by atoms with Crippen LogP contribution in [-0.2, 0) is 20.4 Å². The molecule has 0 saturated heterocycles. The second-order valence-electron chi connectivity index (χ2n) is 4.75. The number of hydrogen-bond donors (Lipinski definition) is 5. The molecule has 2 aromatic rings. The Labute approximate surface area is 128 Å². The maximum Gasteiger partial charge on any atom is 0.335 e. The van der Waals surface area contributed by atoms with Gasteiger partial charge in [0, 0.05) is 6.54 Å². The van der Waals surface area contributed by atoms with Crippen LogP contribution >= 0.6 is 15.0 Å². The molecule has 1 atom stereocenters. The van der Waals surface area contributed by atoms with Crippen LogP contribution in [-0.4, -0.2) is 53.1 Å². The molecule has 128 valence electrons. The number of hydrogen-bond acceptors (Lipinski definition) is 7. The zero-order valence-corrected chi connectivity index (χ0v) is 13.5. The van der Waals surface area contributed by atoms with Gasteiger partial charge in [-0.3, -0.25) is 18.9 Å². The van der Waals surface area contributed by atoms with Gasteiger partial charge in [0.15, 0.2) is 11.2 Å². The largest absolute Gasteiger partial charge is 0.369 e. The highest BCUT2D eigenvalue weighted by Crippen LogP contribution is 2.54. The van der Waals surface area contributed by atoms with Crippen LogP contribution < -0.4 is 11.3 Å². The summed E-state index contributed by atoms with van der Waals surface area (Å²) in [5, 5.41) is 0. The van der Waals surface area contributed by atoms with Gasteiger partial charge in [-0.1, -0.05) is 0 Å². The van der Waals surface area contributed by atoms with Gasteiger partial charge in [-0.05, 0) is 0 Å². The number of nitrogens with two attached hydrogens (primary N) is 1. The molecule has 0 spiro atoms. The third-order valence-electron chi connectivity index (χ3n) is 2.67. The predicted octanol–water partition coefficient (Wildman–Crippen LogP) is -0.919. The van der Waals surface area contributed by atoms with E-state index in [1.54, 1.807) is 0 Å². The summed E-state index contributed by atoms with van der Waals surface area (Å²) in [7, 11) is -8.68. The number of aromatic amines is 1. The molecule has 2 aromatic heterocycles. The van der Waals surface area contributed by atoms with E-state index in [1.807, 2.05) is 0 Å². The smallest absolute Gasteiger partial charge is 0.335 e. The summed E-state index contributed by atoms with van der Waals surface area (Å²) in [5.74, 6) is -1.21. The molecule has 2 heterocycles. The molecule has 0 aromatic carbocycles. The Balaban J connectivity index is 1.96. The van der Waals surface area contributed by atoms with Crippen molar-refractivity contribution in [2.45, 2.75) is 6.54 Å². The van der Waals surface area contributed by atoms with E-state index in [-0.39, 0.29) is 30.3 Å². The molecule has 0 fully saturated rings. The van der Waals surface area contributed by atoms with E-state index in [9.17, 15) is 18.8 Å². The highest BCUT2D eigenvalue weighted by atomic mass is 31.2. The van der Waals surface area contributed by atoms with Crippen molar-refractivity contribution in [3.8, 4) is 0 Å². The van der Waals surface area contributed by atoms with E-state index in [4.69, 9.17) is 20.3 Å². The first kappa shape index (κ1) is 17.8. The van der Waals surface area contributed by atoms with Gasteiger partial charge >= 0.3 is 7.60 Å². The maximum absolute atomic E-state index is 11.6. The monoisotopic (exact) mass is 367 g/mol. The van der Waals surface area contributed by atoms with Crippen molar-refractivity contribution in [1.29, 1.82) is 0 Å². The average molecular weight is 367 g/mol. The van der Waals surface area contributed by atoms with Gasteiger partial charge in [0.2, 0.25) is 13.3 Å². The van der Waals surface area contributed by atoms with Crippen molar-refractivity contribution in [2.24, 2.45) is 0 Å². The number of ether oxygens (including phenoxy) is 1. The Morgan fingerprint density at radius 2 is 2.04 bits per heavy atom. The first-order chi connectivity index (χ1) is 10.6. The highest BCUT2D eigenvalue weighted by molar-refractivity contribution is 7.72. The molecule has 0 saturated carbocycles. The number of rotatable bonds is 7. The number of nitrogens with zero attached hydrogens (tertiary/aromatic N) is 3. The topological polar surface area (TPSA) is 194 Å². The molecule has 23 heavy (non-hydrogen) atoms. The van der Waals surface area contributed by atoms with Crippen LogP contribution in [0.4, 0.5) is 5.95 Å². The third-order valence-corrected chi connectivity index (χ3v) is 6.50. The van der Waals surface area contributed by atoms with Crippen molar-refractivity contribution in [3.63, 3.8) is 0 Å². The van der Waals surface area contributed by atoms with Gasteiger partial charge in [-0.25, -0.2) is 4.98 Å². The summed E-state index contributed by atoms with van der Waals surface area (Å²) in [6, 6.07) is 0. The molecule has 0 aliphatic carbocycles. The summed E-state index contributed by atoms with van der Waals surface area (Å²) in [5.41, 5.74) is 5.27. The molecule has 1 unspecified atom stereocenters. The molecule has 0 bridgehead atoms. The van der Waals surface area contributed by atoms with Gasteiger partial charge in [0.25, 0.3) is 5.56 Å². The fourth-order valence-corrected chi connectivity index (χ4v) is 4.88. The van der Waals surface area contributed by atoms with Crippen molar-refractivity contribution in [1.82, 2.24) is 19.5 Å². The highest BCUT2D eigenvalue weighted by Gasteiger charge is 2.29. The average Bonchev–Trinajstić information content (AvgIpc) is 2.75. The van der Waals surface area contributed by atoms with E-state index < -0.39 is 32.8 Å². The van der Waals surface area contributed by atoms with Crippen LogP contribution in [0.5, 0.6) is 0 Å². The lowest BCUT2D eigenvalue weighted by Gasteiger charge is -2.13. The van der Waals surface area contributed by atoms with E-state index in [0.29, 0.717) is 0 Å². The van der Waals surface area contributed by atoms with Gasteiger partial charge in [-0.2, -0.15) is 4.98 Å². The quantitative estimate of drug-likeness (QED) is 0.302. The molecule has 2 rings (SSSR count). The number of nitrogens with one attached hydrogen (secondary N) is 1. The fourth-order valence-electron chi connectivity index (χ4n) is 1.83. The molecule has 0 radical (unpaired) electrons. The molecule has 0 aliphatic heterocycles. The number of nitrogen functional groups attached to an aromatic ring is 1. The molecule has 6 N–H and O–H groups in total. The number of H-pyrrole nitrogens is 1. The van der Waals surface area contributed by atoms with Crippen LogP contribution in [0.15, 0.2) is 11.1 Å². The van der Waals surface area contributed by atoms with Crippen molar-refractivity contribution in [2.75, 3.05) is 24.6 Å². The summed E-state index contributed by atoms with van der Waals surface area (Å²) >= 11 is 0. The van der Waals surface area contributed by atoms with E-state index in [0.717, 1.165) is 0 Å². The lowest BCUT2D eigenvalue weighted by atomic mass is 10.5. The van der Waals surface area contributed by atoms with Gasteiger partial charge < -0.3 is 29.7 Å². The van der Waals surface area contributed by atoms with Crippen LogP contribution in [0.1, 0.15) is 0 Å². The zero-order valence-electron chi connectivity index (χ0n) is 11.7. The fraction of sp³-hybridized carbons (Fsp3) is 0.444. The van der Waals surface area contributed by atoms with Crippen molar-refractivity contribution in [3.05, 3.63) is 16.7 Å². The lowest BCUT2D eigenvalue weighted by Crippen LogP contribution is -2.13. The molecule has 0 amide bonds. The van der Waals surface area contributed by atoms with E-state index in [1.165, 1.54) is 10.9 Å². The third kappa shape index (κ3) is 4.96.